The first-order valence-corrected chi connectivity index (χ1v) is 4.62. The van der Waals surface area contributed by atoms with Gasteiger partial charge >= 0.3 is 0 Å². The molecule has 4 nitrogen and oxygen atoms in total. The van der Waals surface area contributed by atoms with Crippen molar-refractivity contribution in [2.24, 2.45) is 0 Å². The topological polar surface area (TPSA) is 49.2 Å². The smallest absolute Gasteiger partial charge is 0.151 e. The lowest BCUT2D eigenvalue weighted by Crippen LogP contribution is -2.44. The Kier molecular flexibility index (Phi) is 3.06. The van der Waals surface area contributed by atoms with E-state index in [1.54, 1.807) is 0 Å². The third kappa shape index (κ3) is 2.20. The first-order valence-electron chi connectivity index (χ1n) is 4.62. The quantitative estimate of drug-likeness (QED) is 0.781. The summed E-state index contributed by atoms with van der Waals surface area (Å²) in [5.41, 5.74) is 0.577. The summed E-state index contributed by atoms with van der Waals surface area (Å²) in [4.78, 5) is 1.92. The number of aliphatic hydroxyl groups is 1. The number of aliphatic hydroxyl groups excluding tert-OH is 1. The van der Waals surface area contributed by atoms with Crippen LogP contribution >= 0.6 is 0 Å². The van der Waals surface area contributed by atoms with E-state index in [2.05, 4.69) is 10.2 Å². The molecule has 14 heavy (non-hydrogen) atoms. The SMILES string of the molecule is Cc1ccc(N(C)C(C)(C)CO)nn1. The molecule has 0 fully saturated rings. The molecule has 0 bridgehead atoms. The van der Waals surface area contributed by atoms with Crippen LogP contribution in [-0.2, 0) is 0 Å². The average molecular weight is 195 g/mol. The minimum Gasteiger partial charge on any atom is -0.394 e. The van der Waals surface area contributed by atoms with Gasteiger partial charge in [-0.05, 0) is 32.9 Å². The molecule has 0 saturated heterocycles. The van der Waals surface area contributed by atoms with Crippen LogP contribution in [0.4, 0.5) is 5.82 Å². The minimum absolute atomic E-state index is 0.0824. The van der Waals surface area contributed by atoms with Gasteiger partial charge in [0.15, 0.2) is 5.82 Å². The monoisotopic (exact) mass is 195 g/mol. The van der Waals surface area contributed by atoms with Crippen molar-refractivity contribution in [3.63, 3.8) is 0 Å². The molecule has 1 aromatic rings. The largest absolute Gasteiger partial charge is 0.394 e. The number of aryl methyl sites for hydroxylation is 1. The van der Waals surface area contributed by atoms with Crippen LogP contribution in [0.5, 0.6) is 0 Å². The van der Waals surface area contributed by atoms with Crippen LogP contribution in [0.1, 0.15) is 19.5 Å². The van der Waals surface area contributed by atoms with Crippen LogP contribution in [0, 0.1) is 6.92 Å². The highest BCUT2D eigenvalue weighted by Crippen LogP contribution is 2.18. The van der Waals surface area contributed by atoms with Crippen molar-refractivity contribution in [3.8, 4) is 0 Å². The molecule has 1 heterocycles. The predicted octanol–water partition coefficient (Wildman–Crippen LogP) is 0.992. The zero-order valence-corrected chi connectivity index (χ0v) is 9.15. The van der Waals surface area contributed by atoms with Crippen LogP contribution in [0.3, 0.4) is 0 Å². The first kappa shape index (κ1) is 10.9. The van der Waals surface area contributed by atoms with E-state index in [0.29, 0.717) is 0 Å². The summed E-state index contributed by atoms with van der Waals surface area (Å²) in [6.07, 6.45) is 0. The number of anilines is 1. The summed E-state index contributed by atoms with van der Waals surface area (Å²) in [7, 11) is 1.90. The lowest BCUT2D eigenvalue weighted by molar-refractivity contribution is 0.215. The number of nitrogens with zero attached hydrogens (tertiary/aromatic N) is 3. The molecule has 0 amide bonds. The van der Waals surface area contributed by atoms with Crippen molar-refractivity contribution in [1.29, 1.82) is 0 Å². The summed E-state index contributed by atoms with van der Waals surface area (Å²) in [5.74, 6) is 0.773. The van der Waals surface area contributed by atoms with Gasteiger partial charge in [0.25, 0.3) is 0 Å². The maximum atomic E-state index is 9.19. The maximum absolute atomic E-state index is 9.19. The predicted molar refractivity (Wildman–Crippen MR) is 56.3 cm³/mol. The molecule has 1 rings (SSSR count). The Morgan fingerprint density at radius 3 is 2.43 bits per heavy atom. The molecule has 0 radical (unpaired) electrons. The normalized spacial score (nSPS) is 11.5. The number of hydrogen-bond donors (Lipinski definition) is 1. The van der Waals surface area contributed by atoms with Gasteiger partial charge in [0.2, 0.25) is 0 Å². The van der Waals surface area contributed by atoms with Gasteiger partial charge in [0, 0.05) is 7.05 Å². The Morgan fingerprint density at radius 2 is 2.00 bits per heavy atom. The molecular weight excluding hydrogens is 178 g/mol. The molecule has 4 heteroatoms. The summed E-state index contributed by atoms with van der Waals surface area (Å²) < 4.78 is 0. The fourth-order valence-electron chi connectivity index (χ4n) is 0.987. The number of likely N-dealkylation sites (N-methyl/N-ethyl adjacent to an activating group) is 1. The molecule has 0 spiro atoms. The van der Waals surface area contributed by atoms with Gasteiger partial charge in [0.05, 0.1) is 17.8 Å². The highest BCUT2D eigenvalue weighted by Gasteiger charge is 2.23. The maximum Gasteiger partial charge on any atom is 0.151 e. The summed E-state index contributed by atoms with van der Waals surface area (Å²) in [6.45, 7) is 5.89. The van der Waals surface area contributed by atoms with Crippen LogP contribution in [0.25, 0.3) is 0 Å². The molecule has 0 saturated carbocycles. The fraction of sp³-hybridized carbons (Fsp3) is 0.600. The first-order chi connectivity index (χ1) is 6.47. The third-order valence-electron chi connectivity index (χ3n) is 2.42. The third-order valence-corrected chi connectivity index (χ3v) is 2.42. The second-order valence-corrected chi connectivity index (χ2v) is 4.06. The Morgan fingerprint density at radius 1 is 1.36 bits per heavy atom. The van der Waals surface area contributed by atoms with Gasteiger partial charge in [-0.15, -0.1) is 5.10 Å². The van der Waals surface area contributed by atoms with E-state index in [9.17, 15) is 5.11 Å². The molecule has 78 valence electrons. The minimum atomic E-state index is -0.316. The van der Waals surface area contributed by atoms with E-state index in [4.69, 9.17) is 0 Å². The van der Waals surface area contributed by atoms with Crippen molar-refractivity contribution < 1.29 is 5.11 Å². The molecule has 0 aliphatic carbocycles. The zero-order chi connectivity index (χ0) is 10.8. The summed E-state index contributed by atoms with van der Waals surface area (Å²) in [5, 5.41) is 17.2. The van der Waals surface area contributed by atoms with E-state index in [0.717, 1.165) is 11.5 Å². The standard InChI is InChI=1S/C10H17N3O/c1-8-5-6-9(12-11-8)13(4)10(2,3)7-14/h5-6,14H,7H2,1-4H3. The second-order valence-electron chi connectivity index (χ2n) is 4.06. The van der Waals surface area contributed by atoms with E-state index < -0.39 is 0 Å². The zero-order valence-electron chi connectivity index (χ0n) is 9.15. The number of rotatable bonds is 3. The van der Waals surface area contributed by atoms with E-state index in [1.807, 2.05) is 44.9 Å². The molecule has 0 aromatic carbocycles. The Balaban J connectivity index is 2.89. The van der Waals surface area contributed by atoms with Crippen LogP contribution < -0.4 is 4.90 Å². The lowest BCUT2D eigenvalue weighted by atomic mass is 10.1. The highest BCUT2D eigenvalue weighted by molar-refractivity contribution is 5.39. The van der Waals surface area contributed by atoms with Crippen LogP contribution in [-0.4, -0.2) is 34.5 Å². The van der Waals surface area contributed by atoms with Crippen LogP contribution in [0.15, 0.2) is 12.1 Å². The van der Waals surface area contributed by atoms with E-state index in [-0.39, 0.29) is 12.1 Å². The van der Waals surface area contributed by atoms with Gasteiger partial charge in [-0.25, -0.2) is 0 Å². The van der Waals surface area contributed by atoms with Crippen molar-refractivity contribution in [2.75, 3.05) is 18.6 Å². The van der Waals surface area contributed by atoms with Crippen molar-refractivity contribution in [3.05, 3.63) is 17.8 Å². The molecule has 1 N–H and O–H groups in total. The van der Waals surface area contributed by atoms with Gasteiger partial charge < -0.3 is 10.0 Å². The van der Waals surface area contributed by atoms with Gasteiger partial charge in [-0.3, -0.25) is 0 Å². The Labute approximate surface area is 84.6 Å². The fourth-order valence-corrected chi connectivity index (χ4v) is 0.987. The summed E-state index contributed by atoms with van der Waals surface area (Å²) in [6, 6.07) is 3.81. The van der Waals surface area contributed by atoms with Crippen molar-refractivity contribution in [1.82, 2.24) is 10.2 Å². The number of hydrogen-bond acceptors (Lipinski definition) is 4. The summed E-state index contributed by atoms with van der Waals surface area (Å²) >= 11 is 0. The molecular formula is C10H17N3O. The van der Waals surface area contributed by atoms with Gasteiger partial charge in [-0.1, -0.05) is 0 Å². The van der Waals surface area contributed by atoms with Crippen LogP contribution in [0.2, 0.25) is 0 Å². The Hall–Kier alpha value is -1.16. The molecule has 1 aromatic heterocycles. The average Bonchev–Trinajstić information content (AvgIpc) is 2.18. The molecule has 0 aliphatic heterocycles. The molecule has 0 aliphatic rings. The van der Waals surface area contributed by atoms with Gasteiger partial charge in [-0.2, -0.15) is 5.10 Å². The Bertz CT molecular complexity index is 295. The van der Waals surface area contributed by atoms with E-state index >= 15 is 0 Å². The lowest BCUT2D eigenvalue weighted by Gasteiger charge is -2.34. The van der Waals surface area contributed by atoms with Crippen molar-refractivity contribution in [2.45, 2.75) is 26.3 Å². The second kappa shape index (κ2) is 3.92. The number of aromatic nitrogens is 2. The molecule has 0 unspecified atom stereocenters. The molecule has 0 atom stereocenters. The van der Waals surface area contributed by atoms with Gasteiger partial charge in [0.1, 0.15) is 0 Å². The van der Waals surface area contributed by atoms with Crippen molar-refractivity contribution >= 4 is 5.82 Å². The highest BCUT2D eigenvalue weighted by atomic mass is 16.3. The van der Waals surface area contributed by atoms with E-state index in [1.165, 1.54) is 0 Å².